The maximum atomic E-state index is 12.3. The van der Waals surface area contributed by atoms with Crippen molar-refractivity contribution in [2.75, 3.05) is 24.5 Å². The van der Waals surface area contributed by atoms with Crippen molar-refractivity contribution >= 4 is 17.5 Å². The third kappa shape index (κ3) is 2.22. The van der Waals surface area contributed by atoms with Gasteiger partial charge in [0, 0.05) is 37.7 Å². The first kappa shape index (κ1) is 13.2. The Morgan fingerprint density at radius 3 is 2.50 bits per heavy atom. The summed E-state index contributed by atoms with van der Waals surface area (Å²) in [5.41, 5.74) is 3.07. The van der Waals surface area contributed by atoms with Crippen molar-refractivity contribution in [1.82, 2.24) is 14.9 Å². The lowest BCUT2D eigenvalue weighted by atomic mass is 10.2. The number of carbonyl (C=O) groups excluding carboxylic acids is 1. The van der Waals surface area contributed by atoms with E-state index in [2.05, 4.69) is 33.1 Å². The van der Waals surface area contributed by atoms with Gasteiger partial charge in [0.1, 0.15) is 0 Å². The first-order valence-electron chi connectivity index (χ1n) is 7.80. The van der Waals surface area contributed by atoms with Crippen molar-refractivity contribution in [2.24, 2.45) is 0 Å². The van der Waals surface area contributed by atoms with Gasteiger partial charge in [-0.3, -0.25) is 4.79 Å². The maximum Gasteiger partial charge on any atom is 0.256 e. The Morgan fingerprint density at radius 1 is 1.00 bits per heavy atom. The van der Waals surface area contributed by atoms with Crippen LogP contribution in [0.5, 0.6) is 0 Å². The molecular formula is C17H18N4O. The van der Waals surface area contributed by atoms with Crippen LogP contribution in [0, 0.1) is 0 Å². The first-order chi connectivity index (χ1) is 10.8. The molecule has 0 spiro atoms. The molecule has 0 bridgehead atoms. The summed E-state index contributed by atoms with van der Waals surface area (Å²) in [6, 6.07) is 8.32. The van der Waals surface area contributed by atoms with Crippen LogP contribution in [0.15, 0.2) is 36.7 Å². The fourth-order valence-electron chi connectivity index (χ4n) is 3.22. The molecule has 1 saturated heterocycles. The fraction of sp³-hybridized carbons (Fsp3) is 0.353. The van der Waals surface area contributed by atoms with Gasteiger partial charge < -0.3 is 9.80 Å². The monoisotopic (exact) mass is 294 g/mol. The standard InChI is InChI=1S/C17H18N4O/c22-16(20-8-3-4-9-20)14-11-18-17(19-12-14)21-10-7-13-5-1-2-6-15(13)21/h1-2,5-6,11-12H,3-4,7-10H2. The molecule has 0 unspecified atom stereocenters. The maximum absolute atomic E-state index is 12.3. The number of fused-ring (bicyclic) bond motifs is 1. The van der Waals surface area contributed by atoms with E-state index in [0.29, 0.717) is 11.5 Å². The molecule has 5 heteroatoms. The van der Waals surface area contributed by atoms with E-state index in [1.54, 1.807) is 12.4 Å². The van der Waals surface area contributed by atoms with Crippen molar-refractivity contribution < 1.29 is 4.79 Å². The zero-order chi connectivity index (χ0) is 14.9. The predicted molar refractivity (Wildman–Crippen MR) is 84.3 cm³/mol. The molecule has 0 saturated carbocycles. The van der Waals surface area contributed by atoms with Crippen molar-refractivity contribution in [3.8, 4) is 0 Å². The largest absolute Gasteiger partial charge is 0.339 e. The van der Waals surface area contributed by atoms with Gasteiger partial charge in [-0.1, -0.05) is 18.2 Å². The molecule has 22 heavy (non-hydrogen) atoms. The molecular weight excluding hydrogens is 276 g/mol. The van der Waals surface area contributed by atoms with Crippen molar-refractivity contribution in [3.63, 3.8) is 0 Å². The minimum atomic E-state index is 0.0471. The molecule has 2 aliphatic heterocycles. The van der Waals surface area contributed by atoms with Gasteiger partial charge in [0.2, 0.25) is 5.95 Å². The summed E-state index contributed by atoms with van der Waals surface area (Å²) in [4.78, 5) is 25.1. The SMILES string of the molecule is O=C(c1cnc(N2CCc3ccccc32)nc1)N1CCCC1. The molecule has 0 aliphatic carbocycles. The molecule has 0 atom stereocenters. The van der Waals surface area contributed by atoms with E-state index in [-0.39, 0.29) is 5.91 Å². The Bertz CT molecular complexity index is 692. The van der Waals surface area contributed by atoms with E-state index < -0.39 is 0 Å². The Labute approximate surface area is 129 Å². The van der Waals surface area contributed by atoms with Crippen LogP contribution >= 0.6 is 0 Å². The second-order valence-corrected chi connectivity index (χ2v) is 5.80. The van der Waals surface area contributed by atoms with E-state index in [1.807, 2.05) is 11.0 Å². The van der Waals surface area contributed by atoms with E-state index in [0.717, 1.165) is 38.9 Å². The minimum Gasteiger partial charge on any atom is -0.339 e. The first-order valence-corrected chi connectivity index (χ1v) is 7.80. The highest BCUT2D eigenvalue weighted by atomic mass is 16.2. The summed E-state index contributed by atoms with van der Waals surface area (Å²) < 4.78 is 0. The lowest BCUT2D eigenvalue weighted by molar-refractivity contribution is 0.0792. The zero-order valence-electron chi connectivity index (χ0n) is 12.4. The van der Waals surface area contributed by atoms with Crippen LogP contribution in [0.4, 0.5) is 11.6 Å². The lowest BCUT2D eigenvalue weighted by Crippen LogP contribution is -2.28. The highest BCUT2D eigenvalue weighted by Gasteiger charge is 2.23. The van der Waals surface area contributed by atoms with Crippen LogP contribution in [-0.4, -0.2) is 40.4 Å². The third-order valence-corrected chi connectivity index (χ3v) is 4.41. The van der Waals surface area contributed by atoms with Gasteiger partial charge in [0.25, 0.3) is 5.91 Å². The Balaban J connectivity index is 1.56. The predicted octanol–water partition coefficient (Wildman–Crippen LogP) is 2.41. The van der Waals surface area contributed by atoms with Crippen LogP contribution in [0.1, 0.15) is 28.8 Å². The lowest BCUT2D eigenvalue weighted by Gasteiger charge is -2.18. The van der Waals surface area contributed by atoms with Crippen molar-refractivity contribution in [3.05, 3.63) is 47.8 Å². The number of hydrogen-bond acceptors (Lipinski definition) is 4. The molecule has 2 aliphatic rings. The number of carbonyl (C=O) groups is 1. The van der Waals surface area contributed by atoms with Gasteiger partial charge in [-0.25, -0.2) is 9.97 Å². The highest BCUT2D eigenvalue weighted by molar-refractivity contribution is 5.93. The Hall–Kier alpha value is -2.43. The second-order valence-electron chi connectivity index (χ2n) is 5.80. The van der Waals surface area contributed by atoms with Gasteiger partial charge in [-0.2, -0.15) is 0 Å². The minimum absolute atomic E-state index is 0.0471. The van der Waals surface area contributed by atoms with Crippen LogP contribution in [-0.2, 0) is 6.42 Å². The van der Waals surface area contributed by atoms with E-state index in [1.165, 1.54) is 11.3 Å². The molecule has 3 heterocycles. The van der Waals surface area contributed by atoms with Crippen LogP contribution in [0.3, 0.4) is 0 Å². The summed E-state index contributed by atoms with van der Waals surface area (Å²) in [6.07, 6.45) is 6.51. The Morgan fingerprint density at radius 2 is 1.73 bits per heavy atom. The highest BCUT2D eigenvalue weighted by Crippen LogP contribution is 2.31. The number of hydrogen-bond donors (Lipinski definition) is 0. The average Bonchev–Trinajstić information content (AvgIpc) is 3.24. The molecule has 1 aromatic carbocycles. The quantitative estimate of drug-likeness (QED) is 0.853. The molecule has 0 radical (unpaired) electrons. The third-order valence-electron chi connectivity index (χ3n) is 4.41. The smallest absolute Gasteiger partial charge is 0.256 e. The molecule has 5 nitrogen and oxygen atoms in total. The number of likely N-dealkylation sites (tertiary alicyclic amines) is 1. The number of amides is 1. The van der Waals surface area contributed by atoms with Crippen LogP contribution in [0.25, 0.3) is 0 Å². The normalized spacial score (nSPS) is 16.9. The topological polar surface area (TPSA) is 49.3 Å². The van der Waals surface area contributed by atoms with Gasteiger partial charge in [0.15, 0.2) is 0 Å². The summed E-state index contributed by atoms with van der Waals surface area (Å²) in [6.45, 7) is 2.58. The van der Waals surface area contributed by atoms with Gasteiger partial charge in [-0.15, -0.1) is 0 Å². The van der Waals surface area contributed by atoms with E-state index in [4.69, 9.17) is 0 Å². The second kappa shape index (κ2) is 5.40. The van der Waals surface area contributed by atoms with Gasteiger partial charge in [-0.05, 0) is 30.9 Å². The summed E-state index contributed by atoms with van der Waals surface area (Å²) in [5, 5.41) is 0. The van der Waals surface area contributed by atoms with Gasteiger partial charge >= 0.3 is 0 Å². The average molecular weight is 294 g/mol. The van der Waals surface area contributed by atoms with E-state index in [9.17, 15) is 4.79 Å². The molecule has 1 aromatic heterocycles. The number of aromatic nitrogens is 2. The number of nitrogens with zero attached hydrogens (tertiary/aromatic N) is 4. The molecule has 1 amide bonds. The molecule has 4 rings (SSSR count). The molecule has 112 valence electrons. The number of para-hydroxylation sites is 1. The Kier molecular flexibility index (Phi) is 3.25. The number of rotatable bonds is 2. The summed E-state index contributed by atoms with van der Waals surface area (Å²) >= 11 is 0. The van der Waals surface area contributed by atoms with Crippen molar-refractivity contribution in [2.45, 2.75) is 19.3 Å². The van der Waals surface area contributed by atoms with Gasteiger partial charge in [0.05, 0.1) is 5.56 Å². The zero-order valence-corrected chi connectivity index (χ0v) is 12.4. The van der Waals surface area contributed by atoms with Crippen LogP contribution in [0.2, 0.25) is 0 Å². The fourth-order valence-corrected chi connectivity index (χ4v) is 3.22. The number of benzene rings is 1. The molecule has 2 aromatic rings. The van der Waals surface area contributed by atoms with Crippen LogP contribution < -0.4 is 4.90 Å². The summed E-state index contributed by atoms with van der Waals surface area (Å²) in [7, 11) is 0. The van der Waals surface area contributed by atoms with Crippen molar-refractivity contribution in [1.29, 1.82) is 0 Å². The molecule has 0 N–H and O–H groups in total. The molecule has 1 fully saturated rings. The number of anilines is 2. The summed E-state index contributed by atoms with van der Waals surface area (Å²) in [5.74, 6) is 0.716. The van der Waals surface area contributed by atoms with E-state index >= 15 is 0 Å².